The molecule has 0 saturated heterocycles. The van der Waals surface area contributed by atoms with Crippen LogP contribution in [0.5, 0.6) is 11.6 Å². The van der Waals surface area contributed by atoms with Gasteiger partial charge in [-0.15, -0.1) is 0 Å². The smallest absolute Gasteiger partial charge is 0.241 e. The highest BCUT2D eigenvalue weighted by Gasteiger charge is 2.11. The molecule has 1 aromatic carbocycles. The number of nitrogens with zero attached hydrogens (tertiary/aromatic N) is 2. The summed E-state index contributed by atoms with van der Waals surface area (Å²) in [6, 6.07) is 5.88. The average Bonchev–Trinajstić information content (AvgIpc) is 2.77. The van der Waals surface area contributed by atoms with Gasteiger partial charge >= 0.3 is 0 Å². The van der Waals surface area contributed by atoms with Gasteiger partial charge in [0.25, 0.3) is 0 Å². The van der Waals surface area contributed by atoms with Crippen LogP contribution in [0.3, 0.4) is 0 Å². The van der Waals surface area contributed by atoms with Crippen LogP contribution in [0.15, 0.2) is 24.5 Å². The summed E-state index contributed by atoms with van der Waals surface area (Å²) >= 11 is 0. The lowest BCUT2D eigenvalue weighted by Crippen LogP contribution is -1.90. The molecule has 0 fully saturated rings. The first-order valence-electron chi connectivity index (χ1n) is 5.76. The SMILES string of the molecule is CCOc1ccc2[nH]c3c(OC)ncnc3c2c1. The van der Waals surface area contributed by atoms with E-state index in [1.807, 2.05) is 25.1 Å². The molecule has 5 nitrogen and oxygen atoms in total. The number of ether oxygens (including phenoxy) is 2. The highest BCUT2D eigenvalue weighted by molar-refractivity contribution is 6.06. The maximum Gasteiger partial charge on any atom is 0.241 e. The van der Waals surface area contributed by atoms with Crippen LogP contribution in [0.25, 0.3) is 21.9 Å². The number of benzene rings is 1. The summed E-state index contributed by atoms with van der Waals surface area (Å²) in [4.78, 5) is 11.6. The number of fused-ring (bicyclic) bond motifs is 3. The molecule has 18 heavy (non-hydrogen) atoms. The Labute approximate surface area is 104 Å². The minimum Gasteiger partial charge on any atom is -0.494 e. The zero-order valence-electron chi connectivity index (χ0n) is 10.2. The Hall–Kier alpha value is -2.30. The summed E-state index contributed by atoms with van der Waals surface area (Å²) in [7, 11) is 1.60. The Kier molecular flexibility index (Phi) is 2.51. The molecule has 1 N–H and O–H groups in total. The Morgan fingerprint density at radius 1 is 1.28 bits per heavy atom. The van der Waals surface area contributed by atoms with Crippen molar-refractivity contribution in [2.45, 2.75) is 6.92 Å². The summed E-state index contributed by atoms with van der Waals surface area (Å²) < 4.78 is 10.7. The van der Waals surface area contributed by atoms with Gasteiger partial charge in [-0.05, 0) is 25.1 Å². The maximum absolute atomic E-state index is 5.50. The molecular formula is C13H13N3O2. The number of H-pyrrole nitrogens is 1. The van der Waals surface area contributed by atoms with E-state index >= 15 is 0 Å². The van der Waals surface area contributed by atoms with Crippen LogP contribution >= 0.6 is 0 Å². The van der Waals surface area contributed by atoms with Gasteiger partial charge < -0.3 is 14.5 Å². The van der Waals surface area contributed by atoms with E-state index < -0.39 is 0 Å². The number of rotatable bonds is 3. The molecule has 0 atom stereocenters. The number of hydrogen-bond donors (Lipinski definition) is 1. The van der Waals surface area contributed by atoms with Gasteiger partial charge in [0.05, 0.1) is 13.7 Å². The van der Waals surface area contributed by atoms with Crippen molar-refractivity contribution in [3.63, 3.8) is 0 Å². The maximum atomic E-state index is 5.50. The van der Waals surface area contributed by atoms with Gasteiger partial charge in [0.15, 0.2) is 0 Å². The predicted octanol–water partition coefficient (Wildman–Crippen LogP) is 2.52. The molecule has 2 heterocycles. The van der Waals surface area contributed by atoms with Gasteiger partial charge in [-0.3, -0.25) is 0 Å². The fraction of sp³-hybridized carbons (Fsp3) is 0.231. The first-order chi connectivity index (χ1) is 8.83. The van der Waals surface area contributed by atoms with Gasteiger partial charge in [0, 0.05) is 10.9 Å². The normalized spacial score (nSPS) is 11.0. The van der Waals surface area contributed by atoms with E-state index in [4.69, 9.17) is 9.47 Å². The van der Waals surface area contributed by atoms with Crippen LogP contribution < -0.4 is 9.47 Å². The molecule has 3 rings (SSSR count). The highest BCUT2D eigenvalue weighted by atomic mass is 16.5. The van der Waals surface area contributed by atoms with Crippen molar-refractivity contribution in [2.75, 3.05) is 13.7 Å². The molecular weight excluding hydrogens is 230 g/mol. The highest BCUT2D eigenvalue weighted by Crippen LogP contribution is 2.30. The third-order valence-electron chi connectivity index (χ3n) is 2.82. The van der Waals surface area contributed by atoms with E-state index in [1.54, 1.807) is 7.11 Å². The summed E-state index contributed by atoms with van der Waals surface area (Å²) in [5, 5.41) is 1.01. The monoisotopic (exact) mass is 243 g/mol. The van der Waals surface area contributed by atoms with Crippen molar-refractivity contribution < 1.29 is 9.47 Å². The topological polar surface area (TPSA) is 60.0 Å². The van der Waals surface area contributed by atoms with Crippen LogP contribution in [0.2, 0.25) is 0 Å². The van der Waals surface area contributed by atoms with Crippen molar-refractivity contribution in [1.29, 1.82) is 0 Å². The van der Waals surface area contributed by atoms with E-state index in [2.05, 4.69) is 15.0 Å². The molecule has 0 aliphatic heterocycles. The molecule has 5 heteroatoms. The van der Waals surface area contributed by atoms with Gasteiger partial charge in [0.2, 0.25) is 5.88 Å². The molecule has 0 unspecified atom stereocenters. The Morgan fingerprint density at radius 3 is 2.94 bits per heavy atom. The molecule has 0 aliphatic rings. The molecule has 0 bridgehead atoms. The quantitative estimate of drug-likeness (QED) is 0.767. The molecule has 0 radical (unpaired) electrons. The van der Waals surface area contributed by atoms with Crippen LogP contribution in [0.4, 0.5) is 0 Å². The fourth-order valence-electron chi connectivity index (χ4n) is 2.06. The van der Waals surface area contributed by atoms with Crippen LogP contribution in [0, 0.1) is 0 Å². The largest absolute Gasteiger partial charge is 0.494 e. The Balaban J connectivity index is 2.31. The van der Waals surface area contributed by atoms with Crippen molar-refractivity contribution in [3.05, 3.63) is 24.5 Å². The number of aromatic amines is 1. The van der Waals surface area contributed by atoms with Crippen LogP contribution in [0.1, 0.15) is 6.92 Å². The average molecular weight is 243 g/mol. The molecule has 3 aromatic rings. The van der Waals surface area contributed by atoms with Crippen molar-refractivity contribution in [2.24, 2.45) is 0 Å². The molecule has 0 spiro atoms. The van der Waals surface area contributed by atoms with Gasteiger partial charge in [-0.2, -0.15) is 4.98 Å². The summed E-state index contributed by atoms with van der Waals surface area (Å²) in [6.45, 7) is 2.61. The van der Waals surface area contributed by atoms with E-state index in [0.29, 0.717) is 12.5 Å². The first-order valence-corrected chi connectivity index (χ1v) is 5.76. The summed E-state index contributed by atoms with van der Waals surface area (Å²) in [5.74, 6) is 1.39. The summed E-state index contributed by atoms with van der Waals surface area (Å²) in [6.07, 6.45) is 1.50. The minimum atomic E-state index is 0.550. The number of hydrogen-bond acceptors (Lipinski definition) is 4. The first kappa shape index (κ1) is 10.8. The minimum absolute atomic E-state index is 0.550. The zero-order valence-corrected chi connectivity index (χ0v) is 10.2. The lowest BCUT2D eigenvalue weighted by molar-refractivity contribution is 0.341. The number of aromatic nitrogens is 3. The standard InChI is InChI=1S/C13H13N3O2/c1-3-18-8-4-5-10-9(6-8)11-12(16-10)13(17-2)15-7-14-11/h4-7,16H,3H2,1-2H3. The van der Waals surface area contributed by atoms with Gasteiger partial charge in [-0.1, -0.05) is 0 Å². The Bertz CT molecular complexity index is 706. The second-order valence-corrected chi connectivity index (χ2v) is 3.87. The van der Waals surface area contributed by atoms with E-state index in [1.165, 1.54) is 6.33 Å². The van der Waals surface area contributed by atoms with E-state index in [-0.39, 0.29) is 0 Å². The Morgan fingerprint density at radius 2 is 2.17 bits per heavy atom. The lowest BCUT2D eigenvalue weighted by atomic mass is 10.2. The third kappa shape index (κ3) is 1.55. The van der Waals surface area contributed by atoms with Crippen LogP contribution in [-0.2, 0) is 0 Å². The summed E-state index contributed by atoms with van der Waals surface area (Å²) in [5.41, 5.74) is 2.65. The second-order valence-electron chi connectivity index (χ2n) is 3.87. The van der Waals surface area contributed by atoms with Gasteiger partial charge in [0.1, 0.15) is 23.1 Å². The molecule has 0 aliphatic carbocycles. The zero-order chi connectivity index (χ0) is 12.5. The second kappa shape index (κ2) is 4.18. The lowest BCUT2D eigenvalue weighted by Gasteiger charge is -2.01. The molecule has 2 aromatic heterocycles. The van der Waals surface area contributed by atoms with Crippen molar-refractivity contribution >= 4 is 21.9 Å². The van der Waals surface area contributed by atoms with Crippen molar-refractivity contribution in [3.8, 4) is 11.6 Å². The number of methoxy groups -OCH3 is 1. The predicted molar refractivity (Wildman–Crippen MR) is 69.1 cm³/mol. The van der Waals surface area contributed by atoms with E-state index in [9.17, 15) is 0 Å². The van der Waals surface area contributed by atoms with E-state index in [0.717, 1.165) is 27.7 Å². The van der Waals surface area contributed by atoms with Gasteiger partial charge in [-0.25, -0.2) is 4.98 Å². The van der Waals surface area contributed by atoms with Crippen LogP contribution in [-0.4, -0.2) is 28.7 Å². The number of nitrogens with one attached hydrogen (secondary N) is 1. The van der Waals surface area contributed by atoms with Crippen molar-refractivity contribution in [1.82, 2.24) is 15.0 Å². The molecule has 92 valence electrons. The molecule has 0 saturated carbocycles. The third-order valence-corrected chi connectivity index (χ3v) is 2.82. The fourth-order valence-corrected chi connectivity index (χ4v) is 2.06. The molecule has 0 amide bonds.